The van der Waals surface area contributed by atoms with E-state index in [0.29, 0.717) is 18.4 Å². The van der Waals surface area contributed by atoms with Gasteiger partial charge in [0.25, 0.3) is 5.91 Å². The van der Waals surface area contributed by atoms with E-state index >= 15 is 0 Å². The van der Waals surface area contributed by atoms with Gasteiger partial charge in [0.2, 0.25) is 0 Å². The third kappa shape index (κ3) is 4.09. The van der Waals surface area contributed by atoms with Gasteiger partial charge in [-0.2, -0.15) is 5.26 Å². The number of hydrogen-bond acceptors (Lipinski definition) is 4. The molecule has 26 heavy (non-hydrogen) atoms. The third-order valence-electron chi connectivity index (χ3n) is 4.61. The number of hydrogen-bond donors (Lipinski definition) is 1. The highest BCUT2D eigenvalue weighted by Crippen LogP contribution is 2.28. The van der Waals surface area contributed by atoms with Crippen LogP contribution in [0.25, 0.3) is 11.1 Å². The summed E-state index contributed by atoms with van der Waals surface area (Å²) in [5, 5.41) is 12.0. The summed E-state index contributed by atoms with van der Waals surface area (Å²) in [6, 6.07) is 19.1. The predicted molar refractivity (Wildman–Crippen MR) is 97.1 cm³/mol. The van der Waals surface area contributed by atoms with Crippen molar-refractivity contribution in [2.75, 3.05) is 6.61 Å². The Labute approximate surface area is 152 Å². The van der Waals surface area contributed by atoms with Crippen molar-refractivity contribution in [2.45, 2.75) is 31.2 Å². The lowest BCUT2D eigenvalue weighted by atomic mass is 10.00. The van der Waals surface area contributed by atoms with Crippen LogP contribution in [-0.2, 0) is 9.53 Å². The van der Waals surface area contributed by atoms with Crippen LogP contribution in [0, 0.1) is 11.3 Å². The lowest BCUT2D eigenvalue weighted by Crippen LogP contribution is -2.46. The minimum Gasteiger partial charge on any atom is -0.452 e. The summed E-state index contributed by atoms with van der Waals surface area (Å²) < 4.78 is 5.07. The molecule has 0 unspecified atom stereocenters. The number of rotatable bonds is 5. The van der Waals surface area contributed by atoms with Gasteiger partial charge >= 0.3 is 5.97 Å². The summed E-state index contributed by atoms with van der Waals surface area (Å²) in [4.78, 5) is 24.1. The quantitative estimate of drug-likeness (QED) is 0.839. The maximum Gasteiger partial charge on any atom is 0.338 e. The molecular weight excluding hydrogens is 328 g/mol. The zero-order valence-electron chi connectivity index (χ0n) is 14.4. The molecule has 0 bridgehead atoms. The van der Waals surface area contributed by atoms with E-state index in [2.05, 4.69) is 11.4 Å². The van der Waals surface area contributed by atoms with Crippen LogP contribution in [0.15, 0.2) is 54.6 Å². The van der Waals surface area contributed by atoms with E-state index in [4.69, 9.17) is 4.74 Å². The molecule has 5 nitrogen and oxygen atoms in total. The Morgan fingerprint density at radius 1 is 1.00 bits per heavy atom. The minimum atomic E-state index is -0.805. The first kappa shape index (κ1) is 17.7. The molecule has 0 aliphatic heterocycles. The van der Waals surface area contributed by atoms with Crippen molar-refractivity contribution in [3.8, 4) is 17.2 Å². The third-order valence-corrected chi connectivity index (χ3v) is 4.61. The van der Waals surface area contributed by atoms with Gasteiger partial charge in [-0.05, 0) is 48.9 Å². The predicted octanol–water partition coefficient (Wildman–Crippen LogP) is 3.46. The van der Waals surface area contributed by atoms with Crippen molar-refractivity contribution >= 4 is 11.9 Å². The van der Waals surface area contributed by atoms with Crippen molar-refractivity contribution in [3.63, 3.8) is 0 Å². The zero-order valence-corrected chi connectivity index (χ0v) is 14.4. The maximum absolute atomic E-state index is 12.1. The Morgan fingerprint density at radius 2 is 1.62 bits per heavy atom. The van der Waals surface area contributed by atoms with Crippen LogP contribution < -0.4 is 5.32 Å². The van der Waals surface area contributed by atoms with E-state index in [-0.39, 0.29) is 6.61 Å². The smallest absolute Gasteiger partial charge is 0.338 e. The van der Waals surface area contributed by atoms with Crippen LogP contribution in [-0.4, -0.2) is 24.0 Å². The second kappa shape index (κ2) is 7.83. The summed E-state index contributed by atoms with van der Waals surface area (Å²) in [5.41, 5.74) is 1.64. The molecule has 0 heterocycles. The molecule has 1 N–H and O–H groups in total. The molecule has 2 aromatic carbocycles. The second-order valence-corrected chi connectivity index (χ2v) is 6.47. The van der Waals surface area contributed by atoms with Crippen LogP contribution >= 0.6 is 0 Å². The number of nitrogens with one attached hydrogen (secondary N) is 1. The van der Waals surface area contributed by atoms with Gasteiger partial charge in [0, 0.05) is 0 Å². The fourth-order valence-corrected chi connectivity index (χ4v) is 3.19. The van der Waals surface area contributed by atoms with Crippen LogP contribution in [0.1, 0.15) is 36.0 Å². The first-order valence-electron chi connectivity index (χ1n) is 8.67. The Kier molecular flexibility index (Phi) is 5.33. The van der Waals surface area contributed by atoms with Crippen LogP contribution in [0.2, 0.25) is 0 Å². The van der Waals surface area contributed by atoms with E-state index < -0.39 is 17.4 Å². The Hall–Kier alpha value is -3.13. The van der Waals surface area contributed by atoms with Gasteiger partial charge in [0.05, 0.1) is 11.6 Å². The highest BCUT2D eigenvalue weighted by molar-refractivity contribution is 5.92. The standard InChI is InChI=1S/C21H20N2O3/c22-15-21(12-4-5-13-21)23-19(24)14-26-20(25)18-10-8-17(9-11-18)16-6-2-1-3-7-16/h1-3,6-11H,4-5,12-14H2,(H,23,24). The highest BCUT2D eigenvalue weighted by Gasteiger charge is 2.35. The lowest BCUT2D eigenvalue weighted by Gasteiger charge is -2.21. The molecule has 1 amide bonds. The van der Waals surface area contributed by atoms with E-state index in [1.54, 1.807) is 12.1 Å². The number of amides is 1. The van der Waals surface area contributed by atoms with Crippen LogP contribution in [0.4, 0.5) is 0 Å². The summed E-state index contributed by atoms with van der Waals surface area (Å²) in [5.74, 6) is -1.00. The summed E-state index contributed by atoms with van der Waals surface area (Å²) in [6.45, 7) is -0.386. The maximum atomic E-state index is 12.1. The molecule has 1 fully saturated rings. The number of nitrogens with zero attached hydrogens (tertiary/aromatic N) is 1. The first-order chi connectivity index (χ1) is 12.6. The van der Waals surface area contributed by atoms with Gasteiger partial charge < -0.3 is 10.1 Å². The number of carbonyl (C=O) groups is 2. The molecule has 0 saturated heterocycles. The first-order valence-corrected chi connectivity index (χ1v) is 8.67. The fourth-order valence-electron chi connectivity index (χ4n) is 3.19. The molecular formula is C21H20N2O3. The van der Waals surface area contributed by atoms with Gasteiger partial charge in [0.15, 0.2) is 6.61 Å². The molecule has 132 valence electrons. The van der Waals surface area contributed by atoms with E-state index in [1.807, 2.05) is 42.5 Å². The number of esters is 1. The van der Waals surface area contributed by atoms with Crippen molar-refractivity contribution in [1.29, 1.82) is 5.26 Å². The average molecular weight is 348 g/mol. The monoisotopic (exact) mass is 348 g/mol. The number of benzene rings is 2. The average Bonchev–Trinajstić information content (AvgIpc) is 3.16. The van der Waals surface area contributed by atoms with Crippen molar-refractivity contribution < 1.29 is 14.3 Å². The lowest BCUT2D eigenvalue weighted by molar-refractivity contribution is -0.125. The molecule has 0 radical (unpaired) electrons. The van der Waals surface area contributed by atoms with Crippen LogP contribution in [0.3, 0.4) is 0 Å². The molecule has 2 aromatic rings. The van der Waals surface area contributed by atoms with Gasteiger partial charge in [-0.15, -0.1) is 0 Å². The van der Waals surface area contributed by atoms with E-state index in [9.17, 15) is 14.9 Å². The summed E-state index contributed by atoms with van der Waals surface area (Å²) in [6.07, 6.45) is 3.12. The van der Waals surface area contributed by atoms with Crippen molar-refractivity contribution in [2.24, 2.45) is 0 Å². The van der Waals surface area contributed by atoms with E-state index in [1.165, 1.54) is 0 Å². The van der Waals surface area contributed by atoms with E-state index in [0.717, 1.165) is 24.0 Å². The Morgan fingerprint density at radius 3 is 2.23 bits per heavy atom. The molecule has 5 heteroatoms. The normalized spacial score (nSPS) is 15.0. The van der Waals surface area contributed by atoms with Gasteiger partial charge in [-0.1, -0.05) is 42.5 Å². The summed E-state index contributed by atoms with van der Waals surface area (Å²) in [7, 11) is 0. The SMILES string of the molecule is N#CC1(NC(=O)COC(=O)c2ccc(-c3ccccc3)cc2)CCCC1. The van der Waals surface area contributed by atoms with Gasteiger partial charge in [-0.25, -0.2) is 4.79 Å². The second-order valence-electron chi connectivity index (χ2n) is 6.47. The Balaban J connectivity index is 1.55. The van der Waals surface area contributed by atoms with Crippen molar-refractivity contribution in [1.82, 2.24) is 5.32 Å². The fraction of sp³-hybridized carbons (Fsp3) is 0.286. The topological polar surface area (TPSA) is 79.2 Å². The van der Waals surface area contributed by atoms with Crippen molar-refractivity contribution in [3.05, 3.63) is 60.2 Å². The molecule has 0 aromatic heterocycles. The summed E-state index contributed by atoms with van der Waals surface area (Å²) >= 11 is 0. The zero-order chi connectivity index (χ0) is 18.4. The highest BCUT2D eigenvalue weighted by atomic mass is 16.5. The number of carbonyl (C=O) groups excluding carboxylic acids is 2. The number of ether oxygens (including phenoxy) is 1. The minimum absolute atomic E-state index is 0.383. The van der Waals surface area contributed by atoms with Gasteiger partial charge in [0.1, 0.15) is 5.54 Å². The molecule has 0 spiro atoms. The van der Waals surface area contributed by atoms with Gasteiger partial charge in [-0.3, -0.25) is 4.79 Å². The molecule has 3 rings (SSSR count). The largest absolute Gasteiger partial charge is 0.452 e. The number of nitriles is 1. The molecule has 1 aliphatic rings. The molecule has 1 saturated carbocycles. The van der Waals surface area contributed by atoms with Crippen LogP contribution in [0.5, 0.6) is 0 Å². The molecule has 0 atom stereocenters. The Bertz CT molecular complexity index is 817. The molecule has 1 aliphatic carbocycles.